The van der Waals surface area contributed by atoms with Crippen LogP contribution in [-0.2, 0) is 11.8 Å². The molecule has 1 aliphatic rings. The summed E-state index contributed by atoms with van der Waals surface area (Å²) < 4.78 is 24.1. The summed E-state index contributed by atoms with van der Waals surface area (Å²) in [6.07, 6.45) is 0.815. The average Bonchev–Trinajstić information content (AvgIpc) is 3.02. The Labute approximate surface area is 190 Å². The van der Waals surface area contributed by atoms with E-state index >= 15 is 0 Å². The zero-order chi connectivity index (χ0) is 22.5. The number of thioether (sulfide) groups is 1. The molecule has 0 fully saturated rings. The lowest BCUT2D eigenvalue weighted by Crippen LogP contribution is -2.14. The first kappa shape index (κ1) is 21.8. The Morgan fingerprint density at radius 1 is 1.09 bits per heavy atom. The molecule has 0 bridgehead atoms. The maximum absolute atomic E-state index is 12.4. The van der Waals surface area contributed by atoms with E-state index in [0.717, 1.165) is 17.7 Å². The number of hydrogen-bond acceptors (Lipinski definition) is 8. The fraction of sp³-hybridized carbons (Fsp3) is 0.318. The summed E-state index contributed by atoms with van der Waals surface area (Å²) in [5.41, 5.74) is 1.44. The third kappa shape index (κ3) is 4.75. The Balaban J connectivity index is 1.47. The molecule has 1 amide bonds. The monoisotopic (exact) mass is 456 g/mol. The number of methoxy groups -OCH3 is 2. The number of aromatic nitrogens is 3. The van der Waals surface area contributed by atoms with Crippen LogP contribution in [0.2, 0.25) is 0 Å². The molecule has 3 aromatic rings. The molecule has 0 radical (unpaired) electrons. The van der Waals surface area contributed by atoms with Crippen LogP contribution in [0, 0.1) is 0 Å². The number of carbonyl (C=O) groups excluding carboxylic acids is 1. The molecule has 0 spiro atoms. The maximum Gasteiger partial charge on any atom is 0.234 e. The van der Waals surface area contributed by atoms with E-state index in [1.54, 1.807) is 44.6 Å². The van der Waals surface area contributed by atoms with Gasteiger partial charge in [0.05, 0.1) is 38.7 Å². The van der Waals surface area contributed by atoms with Gasteiger partial charge in [-0.1, -0.05) is 11.8 Å². The van der Waals surface area contributed by atoms with Crippen molar-refractivity contribution in [2.24, 2.45) is 7.05 Å². The van der Waals surface area contributed by atoms with Gasteiger partial charge in [-0.05, 0) is 30.3 Å². The topological polar surface area (TPSA) is 96.7 Å². The first-order valence-corrected chi connectivity index (χ1v) is 11.0. The van der Waals surface area contributed by atoms with Crippen LogP contribution in [0.1, 0.15) is 6.42 Å². The molecule has 1 N–H and O–H groups in total. The molecule has 2 heterocycles. The second kappa shape index (κ2) is 9.82. The lowest BCUT2D eigenvalue weighted by atomic mass is 10.1. The van der Waals surface area contributed by atoms with Crippen molar-refractivity contribution in [1.29, 1.82) is 0 Å². The summed E-state index contributed by atoms with van der Waals surface area (Å²) in [6.45, 7) is 1.18. The smallest absolute Gasteiger partial charge is 0.234 e. The molecule has 9 nitrogen and oxygen atoms in total. The molecule has 0 atom stereocenters. The van der Waals surface area contributed by atoms with Gasteiger partial charge < -0.3 is 28.8 Å². The summed E-state index contributed by atoms with van der Waals surface area (Å²) >= 11 is 1.30. The maximum atomic E-state index is 12.4. The molecule has 0 saturated heterocycles. The molecule has 0 unspecified atom stereocenters. The van der Waals surface area contributed by atoms with E-state index in [-0.39, 0.29) is 11.7 Å². The molecule has 1 aromatic heterocycles. The number of anilines is 1. The van der Waals surface area contributed by atoms with Crippen LogP contribution in [0.5, 0.6) is 23.0 Å². The fourth-order valence-electron chi connectivity index (χ4n) is 3.21. The lowest BCUT2D eigenvalue weighted by Gasteiger charge is -2.13. The van der Waals surface area contributed by atoms with Crippen molar-refractivity contribution < 1.29 is 23.7 Å². The first-order chi connectivity index (χ1) is 15.6. The number of carbonyl (C=O) groups is 1. The number of benzene rings is 2. The van der Waals surface area contributed by atoms with Crippen LogP contribution in [0.25, 0.3) is 11.4 Å². The Morgan fingerprint density at radius 2 is 1.81 bits per heavy atom. The van der Waals surface area contributed by atoms with Gasteiger partial charge in [-0.2, -0.15) is 0 Å². The quantitative estimate of drug-likeness (QED) is 0.541. The van der Waals surface area contributed by atoms with E-state index in [0.29, 0.717) is 47.1 Å². The number of nitrogens with zero attached hydrogens (tertiary/aromatic N) is 3. The van der Waals surface area contributed by atoms with E-state index in [1.165, 1.54) is 11.8 Å². The fourth-order valence-corrected chi connectivity index (χ4v) is 3.92. The molecule has 10 heteroatoms. The van der Waals surface area contributed by atoms with Gasteiger partial charge in [-0.25, -0.2) is 0 Å². The molecule has 168 valence electrons. The minimum atomic E-state index is -0.141. The molecule has 1 aliphatic heterocycles. The van der Waals surface area contributed by atoms with E-state index < -0.39 is 0 Å². The Morgan fingerprint density at radius 3 is 2.50 bits per heavy atom. The van der Waals surface area contributed by atoms with Gasteiger partial charge in [-0.3, -0.25) is 4.79 Å². The summed E-state index contributed by atoms with van der Waals surface area (Å²) in [7, 11) is 5.04. The number of hydrogen-bond donors (Lipinski definition) is 1. The minimum Gasteiger partial charge on any atom is -0.497 e. The third-order valence-corrected chi connectivity index (χ3v) is 5.87. The minimum absolute atomic E-state index is 0.141. The van der Waals surface area contributed by atoms with E-state index in [2.05, 4.69) is 15.5 Å². The number of ether oxygens (including phenoxy) is 4. The van der Waals surface area contributed by atoms with Gasteiger partial charge in [0.15, 0.2) is 22.5 Å². The van der Waals surface area contributed by atoms with Crippen LogP contribution < -0.4 is 24.3 Å². The zero-order valence-electron chi connectivity index (χ0n) is 18.1. The van der Waals surface area contributed by atoms with Gasteiger partial charge in [0, 0.05) is 25.2 Å². The van der Waals surface area contributed by atoms with Crippen molar-refractivity contribution in [3.8, 4) is 34.4 Å². The molecule has 0 saturated carbocycles. The number of rotatable bonds is 7. The molecular weight excluding hydrogens is 432 g/mol. The van der Waals surface area contributed by atoms with E-state index in [4.69, 9.17) is 18.9 Å². The van der Waals surface area contributed by atoms with Crippen molar-refractivity contribution in [1.82, 2.24) is 14.8 Å². The van der Waals surface area contributed by atoms with Crippen molar-refractivity contribution in [2.75, 3.05) is 38.5 Å². The zero-order valence-corrected chi connectivity index (χ0v) is 18.9. The molecular formula is C22H24N4O5S. The largest absolute Gasteiger partial charge is 0.497 e. The number of nitrogens with one attached hydrogen (secondary N) is 1. The van der Waals surface area contributed by atoms with Gasteiger partial charge >= 0.3 is 0 Å². The molecule has 4 rings (SSSR count). The first-order valence-electron chi connectivity index (χ1n) is 10.0. The molecule has 2 aromatic carbocycles. The lowest BCUT2D eigenvalue weighted by molar-refractivity contribution is -0.113. The number of amides is 1. The van der Waals surface area contributed by atoms with Crippen molar-refractivity contribution in [3.05, 3.63) is 36.4 Å². The second-order valence-corrected chi connectivity index (χ2v) is 7.92. The Kier molecular flexibility index (Phi) is 6.69. The summed E-state index contributed by atoms with van der Waals surface area (Å²) in [6, 6.07) is 10.8. The second-order valence-electron chi connectivity index (χ2n) is 6.98. The molecule has 0 aliphatic carbocycles. The van der Waals surface area contributed by atoms with Crippen molar-refractivity contribution in [3.63, 3.8) is 0 Å². The Bertz CT molecular complexity index is 1100. The summed E-state index contributed by atoms with van der Waals surface area (Å²) in [5.74, 6) is 3.29. The molecule has 32 heavy (non-hydrogen) atoms. The van der Waals surface area contributed by atoms with Gasteiger partial charge in [-0.15, -0.1) is 10.2 Å². The SMILES string of the molecule is COc1ccc(NC(=O)CSc2nnc(-c3cc4c(cc3OC)OCCCO4)n2C)cc1. The standard InChI is InChI=1S/C22H24N4O5S/c1-26-21(16-11-18-19(12-17(16)29-3)31-10-4-9-30-18)24-25-22(26)32-13-20(27)23-14-5-7-15(28-2)8-6-14/h5-8,11-12H,4,9-10,13H2,1-3H3,(H,23,27). The van der Waals surface area contributed by atoms with Crippen LogP contribution in [-0.4, -0.2) is 53.9 Å². The number of fused-ring (bicyclic) bond motifs is 1. The van der Waals surface area contributed by atoms with E-state index in [9.17, 15) is 4.79 Å². The van der Waals surface area contributed by atoms with Gasteiger partial charge in [0.25, 0.3) is 0 Å². The van der Waals surface area contributed by atoms with Crippen LogP contribution >= 0.6 is 11.8 Å². The third-order valence-electron chi connectivity index (χ3n) is 4.85. The highest BCUT2D eigenvalue weighted by Gasteiger charge is 2.21. The van der Waals surface area contributed by atoms with Crippen LogP contribution in [0.15, 0.2) is 41.6 Å². The predicted octanol–water partition coefficient (Wildman–Crippen LogP) is 3.39. The van der Waals surface area contributed by atoms with Gasteiger partial charge in [0.1, 0.15) is 11.5 Å². The highest BCUT2D eigenvalue weighted by Crippen LogP contribution is 2.41. The summed E-state index contributed by atoms with van der Waals surface area (Å²) in [4.78, 5) is 12.4. The van der Waals surface area contributed by atoms with Gasteiger partial charge in [0.2, 0.25) is 5.91 Å². The summed E-state index contributed by atoms with van der Waals surface area (Å²) in [5, 5.41) is 12.0. The van der Waals surface area contributed by atoms with Crippen molar-refractivity contribution >= 4 is 23.4 Å². The average molecular weight is 457 g/mol. The highest BCUT2D eigenvalue weighted by atomic mass is 32.2. The predicted molar refractivity (Wildman–Crippen MR) is 121 cm³/mol. The van der Waals surface area contributed by atoms with Crippen LogP contribution in [0.4, 0.5) is 5.69 Å². The normalized spacial score (nSPS) is 12.7. The van der Waals surface area contributed by atoms with Crippen LogP contribution in [0.3, 0.4) is 0 Å². The highest BCUT2D eigenvalue weighted by molar-refractivity contribution is 7.99. The Hall–Kier alpha value is -3.40. The van der Waals surface area contributed by atoms with E-state index in [1.807, 2.05) is 17.7 Å². The van der Waals surface area contributed by atoms with Crippen molar-refractivity contribution in [2.45, 2.75) is 11.6 Å².